The van der Waals surface area contributed by atoms with Gasteiger partial charge >= 0.3 is 0 Å². The van der Waals surface area contributed by atoms with Crippen LogP contribution in [0.2, 0.25) is 10.0 Å². The third-order valence-electron chi connectivity index (χ3n) is 6.72. The molecule has 10 nitrogen and oxygen atoms in total. The number of fused-ring (bicyclic) bond motifs is 1. The normalized spacial score (nSPS) is 18.9. The van der Waals surface area contributed by atoms with Crippen LogP contribution < -0.4 is 15.5 Å². The number of carbonyl (C=O) groups excluding carboxylic acids is 3. The first-order valence-electron chi connectivity index (χ1n) is 11.9. The molecule has 192 valence electrons. The van der Waals surface area contributed by atoms with Crippen LogP contribution in [0.3, 0.4) is 0 Å². The number of nitrogens with one attached hydrogen (secondary N) is 2. The summed E-state index contributed by atoms with van der Waals surface area (Å²) in [6.07, 6.45) is 4.38. The second kappa shape index (κ2) is 9.84. The number of benzene rings is 1. The Morgan fingerprint density at radius 3 is 2.61 bits per heavy atom. The molecule has 2 aliphatic heterocycles. The number of rotatable bonds is 7. The standard InChI is InChI=1S/C24H27Cl2N5O5/c25-18-4-3-17(10-19(18)26)36-12-21(32)28-16-9-20-23(34)30(14-27-31(20)11-16)13-24(35)5-7-29(8-6-24)22(33)15-1-2-15/h3-4,9-11,15,27,35H,1-2,5-8,12-14H2,(H,28,32). The fourth-order valence-electron chi connectivity index (χ4n) is 4.51. The largest absolute Gasteiger partial charge is 0.484 e. The van der Waals surface area contributed by atoms with Crippen molar-refractivity contribution in [1.29, 1.82) is 0 Å². The molecule has 0 radical (unpaired) electrons. The second-order valence-corrected chi connectivity index (χ2v) is 10.4. The summed E-state index contributed by atoms with van der Waals surface area (Å²) < 4.78 is 7.00. The lowest BCUT2D eigenvalue weighted by Crippen LogP contribution is -2.56. The van der Waals surface area contributed by atoms with Gasteiger partial charge in [-0.15, -0.1) is 0 Å². The summed E-state index contributed by atoms with van der Waals surface area (Å²) in [6.45, 7) is 1.12. The Hall–Kier alpha value is -2.95. The summed E-state index contributed by atoms with van der Waals surface area (Å²) in [7, 11) is 0. The summed E-state index contributed by atoms with van der Waals surface area (Å²) in [5, 5.41) is 14.5. The van der Waals surface area contributed by atoms with Crippen LogP contribution in [0.25, 0.3) is 0 Å². The number of halogens is 2. The molecule has 3 N–H and O–H groups in total. The number of aliphatic hydroxyl groups is 1. The minimum Gasteiger partial charge on any atom is -0.484 e. The number of hydrogen-bond donors (Lipinski definition) is 3. The summed E-state index contributed by atoms with van der Waals surface area (Å²) in [5.41, 5.74) is 2.82. The molecule has 12 heteroatoms. The van der Waals surface area contributed by atoms with E-state index in [2.05, 4.69) is 10.7 Å². The average molecular weight is 536 g/mol. The molecule has 36 heavy (non-hydrogen) atoms. The van der Waals surface area contributed by atoms with E-state index < -0.39 is 11.5 Å². The van der Waals surface area contributed by atoms with Crippen molar-refractivity contribution in [3.63, 3.8) is 0 Å². The van der Waals surface area contributed by atoms with Crippen molar-refractivity contribution in [2.24, 2.45) is 5.92 Å². The molecule has 2 aromatic rings. The molecule has 1 aliphatic carbocycles. The van der Waals surface area contributed by atoms with Gasteiger partial charge < -0.3 is 30.4 Å². The number of piperidine rings is 1. The van der Waals surface area contributed by atoms with Gasteiger partial charge in [-0.1, -0.05) is 23.2 Å². The highest BCUT2D eigenvalue weighted by molar-refractivity contribution is 6.42. The lowest BCUT2D eigenvalue weighted by Gasteiger charge is -2.42. The van der Waals surface area contributed by atoms with Crippen molar-refractivity contribution in [3.8, 4) is 5.75 Å². The van der Waals surface area contributed by atoms with Gasteiger partial charge in [0, 0.05) is 25.1 Å². The Kier molecular flexibility index (Phi) is 6.76. The highest BCUT2D eigenvalue weighted by Crippen LogP contribution is 2.33. The topological polar surface area (TPSA) is 116 Å². The molecule has 3 aliphatic rings. The lowest BCUT2D eigenvalue weighted by molar-refractivity contribution is -0.137. The molecule has 1 aromatic carbocycles. The lowest BCUT2D eigenvalue weighted by atomic mass is 9.90. The Morgan fingerprint density at radius 2 is 1.92 bits per heavy atom. The number of hydrogen-bond acceptors (Lipinski definition) is 6. The molecule has 0 spiro atoms. The van der Waals surface area contributed by atoms with E-state index in [1.54, 1.807) is 34.0 Å². The van der Waals surface area contributed by atoms with Gasteiger partial charge in [-0.25, -0.2) is 0 Å². The van der Waals surface area contributed by atoms with E-state index in [4.69, 9.17) is 27.9 Å². The summed E-state index contributed by atoms with van der Waals surface area (Å²) in [4.78, 5) is 41.1. The fourth-order valence-corrected chi connectivity index (χ4v) is 4.80. The maximum absolute atomic E-state index is 13.1. The zero-order valence-electron chi connectivity index (χ0n) is 19.5. The Morgan fingerprint density at radius 1 is 1.17 bits per heavy atom. The first-order valence-corrected chi connectivity index (χ1v) is 12.6. The number of β-amino-alcohol motifs (C(OH)–C–C–N with tert-alkyl or cyclic N) is 1. The first-order chi connectivity index (χ1) is 17.2. The minimum atomic E-state index is -1.05. The zero-order chi connectivity index (χ0) is 25.4. The van der Waals surface area contributed by atoms with Crippen LogP contribution >= 0.6 is 23.2 Å². The molecule has 1 aromatic heterocycles. The molecule has 2 fully saturated rings. The fraction of sp³-hybridized carbons (Fsp3) is 0.458. The highest BCUT2D eigenvalue weighted by Gasteiger charge is 2.41. The summed E-state index contributed by atoms with van der Waals surface area (Å²) in [6, 6.07) is 6.28. The summed E-state index contributed by atoms with van der Waals surface area (Å²) >= 11 is 11.8. The van der Waals surface area contributed by atoms with Crippen LogP contribution in [0.1, 0.15) is 36.2 Å². The predicted molar refractivity (Wildman–Crippen MR) is 134 cm³/mol. The molecular weight excluding hydrogens is 509 g/mol. The van der Waals surface area contributed by atoms with Crippen LogP contribution in [0.15, 0.2) is 30.5 Å². The Labute approximate surface area is 218 Å². The average Bonchev–Trinajstić information content (AvgIpc) is 3.62. The molecule has 0 bridgehead atoms. The van der Waals surface area contributed by atoms with Crippen LogP contribution in [0, 0.1) is 5.92 Å². The number of carbonyl (C=O) groups is 3. The number of anilines is 1. The quantitative estimate of drug-likeness (QED) is 0.501. The van der Waals surface area contributed by atoms with Crippen molar-refractivity contribution >= 4 is 46.6 Å². The van der Waals surface area contributed by atoms with E-state index in [1.165, 1.54) is 6.07 Å². The van der Waals surface area contributed by atoms with Gasteiger partial charge in [0.2, 0.25) is 5.91 Å². The predicted octanol–water partition coefficient (Wildman–Crippen LogP) is 2.53. The van der Waals surface area contributed by atoms with Crippen molar-refractivity contribution in [2.75, 3.05) is 43.7 Å². The van der Waals surface area contributed by atoms with Gasteiger partial charge in [0.05, 0.1) is 34.1 Å². The molecule has 0 atom stereocenters. The van der Waals surface area contributed by atoms with Crippen molar-refractivity contribution in [1.82, 2.24) is 14.5 Å². The van der Waals surface area contributed by atoms with E-state index in [0.717, 1.165) is 12.8 Å². The summed E-state index contributed by atoms with van der Waals surface area (Å²) in [5.74, 6) is 0.0850. The third kappa shape index (κ3) is 5.40. The van der Waals surface area contributed by atoms with Gasteiger partial charge in [-0.2, -0.15) is 0 Å². The Bertz CT molecular complexity index is 1190. The Balaban J connectivity index is 1.14. The third-order valence-corrected chi connectivity index (χ3v) is 7.46. The van der Waals surface area contributed by atoms with Crippen LogP contribution in [-0.4, -0.2) is 75.8 Å². The van der Waals surface area contributed by atoms with Crippen LogP contribution in [0.4, 0.5) is 5.69 Å². The minimum absolute atomic E-state index is 0.161. The maximum Gasteiger partial charge on any atom is 0.274 e. The van der Waals surface area contributed by atoms with Gasteiger partial charge in [0.15, 0.2) is 6.61 Å². The van der Waals surface area contributed by atoms with Crippen LogP contribution in [0.5, 0.6) is 5.75 Å². The molecule has 0 unspecified atom stereocenters. The van der Waals surface area contributed by atoms with E-state index in [0.29, 0.717) is 53.1 Å². The number of nitrogens with zero attached hydrogens (tertiary/aromatic N) is 3. The van der Waals surface area contributed by atoms with E-state index in [-0.39, 0.29) is 37.6 Å². The van der Waals surface area contributed by atoms with Crippen molar-refractivity contribution in [3.05, 3.63) is 46.2 Å². The van der Waals surface area contributed by atoms with E-state index >= 15 is 0 Å². The highest BCUT2D eigenvalue weighted by atomic mass is 35.5. The second-order valence-electron chi connectivity index (χ2n) is 9.54. The molecule has 3 amide bonds. The molecular formula is C24H27Cl2N5O5. The zero-order valence-corrected chi connectivity index (χ0v) is 21.0. The van der Waals surface area contributed by atoms with E-state index in [1.807, 2.05) is 4.90 Å². The first kappa shape index (κ1) is 24.7. The number of ether oxygens (including phenoxy) is 1. The number of likely N-dealkylation sites (tertiary alicyclic amines) is 1. The molecule has 1 saturated heterocycles. The monoisotopic (exact) mass is 535 g/mol. The molecule has 1 saturated carbocycles. The van der Waals surface area contributed by atoms with Crippen molar-refractivity contribution < 1.29 is 24.2 Å². The van der Waals surface area contributed by atoms with Crippen molar-refractivity contribution in [2.45, 2.75) is 31.3 Å². The SMILES string of the molecule is O=C(COc1ccc(Cl)c(Cl)c1)Nc1cc2n(c1)NCN(CC1(O)CCN(C(=O)C3CC3)CC1)C2=O. The molecule has 5 rings (SSSR count). The van der Waals surface area contributed by atoms with Crippen LogP contribution in [-0.2, 0) is 9.59 Å². The smallest absolute Gasteiger partial charge is 0.274 e. The number of amides is 3. The molecule has 3 heterocycles. The van der Waals surface area contributed by atoms with Gasteiger partial charge in [0.25, 0.3) is 11.8 Å². The van der Waals surface area contributed by atoms with Gasteiger partial charge in [-0.05, 0) is 43.9 Å². The maximum atomic E-state index is 13.1. The van der Waals surface area contributed by atoms with E-state index in [9.17, 15) is 19.5 Å². The van der Waals surface area contributed by atoms with Gasteiger partial charge in [-0.3, -0.25) is 19.1 Å². The number of aromatic nitrogens is 1. The van der Waals surface area contributed by atoms with Gasteiger partial charge in [0.1, 0.15) is 18.1 Å².